The number of nitrogens with zero attached hydrogens (tertiary/aromatic N) is 3. The number of ketones is 1. The third-order valence-electron chi connectivity index (χ3n) is 4.45. The molecule has 4 rings (SSSR count). The van der Waals surface area contributed by atoms with Gasteiger partial charge in [-0.2, -0.15) is 0 Å². The summed E-state index contributed by atoms with van der Waals surface area (Å²) in [6.45, 7) is 2.05. The zero-order chi connectivity index (χ0) is 16.5. The fourth-order valence-electron chi connectivity index (χ4n) is 3.25. The molecule has 2 aliphatic rings. The third-order valence-corrected chi connectivity index (χ3v) is 4.45. The molecule has 0 spiro atoms. The molecule has 0 fully saturated rings. The largest absolute Gasteiger partial charge is 0.497 e. The molecule has 24 heavy (non-hydrogen) atoms. The minimum absolute atomic E-state index is 0.0718. The van der Waals surface area contributed by atoms with E-state index in [9.17, 15) is 4.79 Å². The van der Waals surface area contributed by atoms with E-state index in [0.717, 1.165) is 42.6 Å². The third kappa shape index (κ3) is 2.42. The Bertz CT molecular complexity index is 799. The van der Waals surface area contributed by atoms with E-state index in [1.807, 2.05) is 41.3 Å². The molecule has 2 aromatic rings. The summed E-state index contributed by atoms with van der Waals surface area (Å²) in [7, 11) is 1.62. The Balaban J connectivity index is 1.63. The maximum Gasteiger partial charge on any atom is 0.206 e. The van der Waals surface area contributed by atoms with Crippen LogP contribution in [0.15, 0.2) is 53.5 Å². The number of aliphatic imine (C=N–C) groups is 1. The predicted octanol–water partition coefficient (Wildman–Crippen LogP) is 2.96. The predicted molar refractivity (Wildman–Crippen MR) is 95.4 cm³/mol. The van der Waals surface area contributed by atoms with Crippen LogP contribution in [0.25, 0.3) is 0 Å². The van der Waals surface area contributed by atoms with Crippen LogP contribution in [0.4, 0.5) is 11.4 Å². The normalized spacial score (nSPS) is 15.6. The van der Waals surface area contributed by atoms with Crippen molar-refractivity contribution in [2.75, 3.05) is 36.5 Å². The fraction of sp³-hybridized carbons (Fsp3) is 0.263. The Labute approximate surface area is 141 Å². The second-order valence-corrected chi connectivity index (χ2v) is 5.91. The van der Waals surface area contributed by atoms with Crippen molar-refractivity contribution in [2.45, 2.75) is 6.42 Å². The summed E-state index contributed by atoms with van der Waals surface area (Å²) < 4.78 is 5.15. The van der Waals surface area contributed by atoms with E-state index in [0.29, 0.717) is 12.1 Å². The van der Waals surface area contributed by atoms with E-state index >= 15 is 0 Å². The second kappa shape index (κ2) is 6.00. The van der Waals surface area contributed by atoms with E-state index in [1.54, 1.807) is 7.11 Å². The van der Waals surface area contributed by atoms with Crippen molar-refractivity contribution in [1.29, 1.82) is 0 Å². The van der Waals surface area contributed by atoms with E-state index in [-0.39, 0.29) is 5.78 Å². The lowest BCUT2D eigenvalue weighted by Crippen LogP contribution is -2.43. The van der Waals surface area contributed by atoms with E-state index in [4.69, 9.17) is 4.74 Å². The van der Waals surface area contributed by atoms with Gasteiger partial charge in [0, 0.05) is 18.7 Å². The van der Waals surface area contributed by atoms with Crippen LogP contribution >= 0.6 is 0 Å². The summed E-state index contributed by atoms with van der Waals surface area (Å²) in [6.07, 6.45) is 1.04. The molecule has 2 aliphatic heterocycles. The Morgan fingerprint density at radius 2 is 1.88 bits per heavy atom. The minimum Gasteiger partial charge on any atom is -0.497 e. The minimum atomic E-state index is 0.0718. The van der Waals surface area contributed by atoms with E-state index in [1.165, 1.54) is 0 Å². The highest BCUT2D eigenvalue weighted by Crippen LogP contribution is 2.38. The standard InChI is InChI=1S/C19H19N3O2/c1-24-15-9-7-14(8-10-15)18(23)13-22-17-6-3-2-5-16(17)21-12-4-11-20-19(21)22/h2-3,5-10H,4,11-13H2,1H3. The Morgan fingerprint density at radius 1 is 1.12 bits per heavy atom. The van der Waals surface area contributed by atoms with Crippen molar-refractivity contribution >= 4 is 23.1 Å². The van der Waals surface area contributed by atoms with Crippen LogP contribution in [0, 0.1) is 0 Å². The molecule has 0 bridgehead atoms. The van der Waals surface area contributed by atoms with Gasteiger partial charge in [0.15, 0.2) is 5.78 Å². The monoisotopic (exact) mass is 321 g/mol. The number of ether oxygens (including phenoxy) is 1. The maximum atomic E-state index is 12.7. The zero-order valence-electron chi connectivity index (χ0n) is 13.6. The number of fused-ring (bicyclic) bond motifs is 3. The molecule has 2 heterocycles. The summed E-state index contributed by atoms with van der Waals surface area (Å²) in [6, 6.07) is 15.4. The number of carbonyl (C=O) groups excluding carboxylic acids is 1. The highest BCUT2D eigenvalue weighted by Gasteiger charge is 2.34. The molecule has 0 saturated heterocycles. The van der Waals surface area contributed by atoms with Crippen molar-refractivity contribution in [1.82, 2.24) is 0 Å². The molecule has 5 nitrogen and oxygen atoms in total. The lowest BCUT2D eigenvalue weighted by Gasteiger charge is -2.26. The second-order valence-electron chi connectivity index (χ2n) is 5.91. The number of anilines is 2. The molecule has 2 aromatic carbocycles. The van der Waals surface area contributed by atoms with Crippen LogP contribution in [-0.2, 0) is 0 Å². The highest BCUT2D eigenvalue weighted by atomic mass is 16.5. The molecule has 0 radical (unpaired) electrons. The van der Waals surface area contributed by atoms with Crippen LogP contribution < -0.4 is 14.5 Å². The number of rotatable bonds is 4. The lowest BCUT2D eigenvalue weighted by atomic mass is 10.1. The van der Waals surface area contributed by atoms with Gasteiger partial charge in [0.1, 0.15) is 5.75 Å². The quantitative estimate of drug-likeness (QED) is 0.812. The van der Waals surface area contributed by atoms with Crippen molar-refractivity contribution < 1.29 is 9.53 Å². The molecule has 0 amide bonds. The van der Waals surface area contributed by atoms with Crippen LogP contribution in [0.1, 0.15) is 16.8 Å². The number of guanidine groups is 1. The molecular weight excluding hydrogens is 302 g/mol. The Hall–Kier alpha value is -2.82. The number of methoxy groups -OCH3 is 1. The van der Waals surface area contributed by atoms with E-state index in [2.05, 4.69) is 22.0 Å². The Morgan fingerprint density at radius 3 is 2.62 bits per heavy atom. The summed E-state index contributed by atoms with van der Waals surface area (Å²) in [5.41, 5.74) is 2.88. The molecule has 0 aliphatic carbocycles. The van der Waals surface area contributed by atoms with Gasteiger partial charge in [0.05, 0.1) is 25.0 Å². The van der Waals surface area contributed by atoms with Gasteiger partial charge in [-0.05, 0) is 42.8 Å². The van der Waals surface area contributed by atoms with Crippen LogP contribution in [0.3, 0.4) is 0 Å². The summed E-state index contributed by atoms with van der Waals surface area (Å²) in [4.78, 5) is 21.6. The van der Waals surface area contributed by atoms with Crippen molar-refractivity contribution in [3.63, 3.8) is 0 Å². The first-order chi connectivity index (χ1) is 11.8. The number of benzene rings is 2. The molecule has 0 N–H and O–H groups in total. The molecule has 122 valence electrons. The van der Waals surface area contributed by atoms with Gasteiger partial charge in [-0.1, -0.05) is 12.1 Å². The topological polar surface area (TPSA) is 45.1 Å². The summed E-state index contributed by atoms with van der Waals surface area (Å²) >= 11 is 0. The molecule has 0 saturated carbocycles. The molecule has 0 unspecified atom stereocenters. The molecule has 5 heteroatoms. The van der Waals surface area contributed by atoms with Crippen molar-refractivity contribution in [3.05, 3.63) is 54.1 Å². The summed E-state index contributed by atoms with van der Waals surface area (Å²) in [5.74, 6) is 1.72. The van der Waals surface area contributed by atoms with Gasteiger partial charge in [-0.15, -0.1) is 0 Å². The number of carbonyl (C=O) groups is 1. The average Bonchev–Trinajstić information content (AvgIpc) is 2.96. The van der Waals surface area contributed by atoms with Crippen molar-refractivity contribution in [3.8, 4) is 5.75 Å². The van der Waals surface area contributed by atoms with Gasteiger partial charge >= 0.3 is 0 Å². The van der Waals surface area contributed by atoms with Crippen LogP contribution in [-0.4, -0.2) is 38.5 Å². The van der Waals surface area contributed by atoms with Gasteiger partial charge in [-0.25, -0.2) is 0 Å². The fourth-order valence-corrected chi connectivity index (χ4v) is 3.25. The zero-order valence-corrected chi connectivity index (χ0v) is 13.6. The number of para-hydroxylation sites is 2. The Kier molecular flexibility index (Phi) is 3.69. The van der Waals surface area contributed by atoms with Crippen LogP contribution in [0.2, 0.25) is 0 Å². The van der Waals surface area contributed by atoms with Gasteiger partial charge in [0.25, 0.3) is 0 Å². The molecule has 0 aromatic heterocycles. The molecular formula is C19H19N3O2. The SMILES string of the molecule is COc1ccc(C(=O)CN2C3=NCCCN3c3ccccc32)cc1. The first kappa shape index (κ1) is 14.8. The number of Topliss-reactive ketones (excluding diaryl/α,β-unsaturated/α-hetero) is 1. The van der Waals surface area contributed by atoms with Gasteiger partial charge < -0.3 is 14.5 Å². The van der Waals surface area contributed by atoms with Gasteiger partial charge in [-0.3, -0.25) is 9.79 Å². The summed E-state index contributed by atoms with van der Waals surface area (Å²) in [5, 5.41) is 0. The molecule has 0 atom stereocenters. The average molecular weight is 321 g/mol. The first-order valence-electron chi connectivity index (χ1n) is 8.14. The van der Waals surface area contributed by atoms with Crippen LogP contribution in [0.5, 0.6) is 5.75 Å². The number of hydrogen-bond donors (Lipinski definition) is 0. The lowest BCUT2D eigenvalue weighted by molar-refractivity contribution is 0.100. The maximum absolute atomic E-state index is 12.7. The van der Waals surface area contributed by atoms with Crippen molar-refractivity contribution in [2.24, 2.45) is 4.99 Å². The first-order valence-corrected chi connectivity index (χ1v) is 8.14. The number of hydrogen-bond acceptors (Lipinski definition) is 5. The van der Waals surface area contributed by atoms with Gasteiger partial charge in [0.2, 0.25) is 5.96 Å². The van der Waals surface area contributed by atoms with E-state index < -0.39 is 0 Å². The highest BCUT2D eigenvalue weighted by molar-refractivity contribution is 6.19. The smallest absolute Gasteiger partial charge is 0.206 e.